The van der Waals surface area contributed by atoms with Crippen molar-refractivity contribution >= 4 is 11.8 Å². The minimum atomic E-state index is 0.752. The van der Waals surface area contributed by atoms with E-state index in [1.54, 1.807) is 11.8 Å². The topological polar surface area (TPSA) is 9.23 Å². The molecule has 0 aromatic carbocycles. The lowest BCUT2D eigenvalue weighted by Gasteiger charge is -1.96. The van der Waals surface area contributed by atoms with Crippen molar-refractivity contribution in [1.29, 1.82) is 0 Å². The van der Waals surface area contributed by atoms with Crippen LogP contribution in [0.4, 0.5) is 0 Å². The summed E-state index contributed by atoms with van der Waals surface area (Å²) in [5.74, 6) is 2.01. The van der Waals surface area contributed by atoms with Crippen molar-refractivity contribution in [2.75, 3.05) is 18.1 Å². The molecular formula is C7H12OS. The summed E-state index contributed by atoms with van der Waals surface area (Å²) in [7, 11) is 0. The first kappa shape index (κ1) is 8.63. The third-order valence-electron chi connectivity index (χ3n) is 0.699. The zero-order chi connectivity index (χ0) is 6.95. The summed E-state index contributed by atoms with van der Waals surface area (Å²) >= 11 is 1.80. The van der Waals surface area contributed by atoms with Gasteiger partial charge < -0.3 is 4.74 Å². The number of thioether (sulfide) groups is 1. The molecule has 0 atom stereocenters. The molecule has 0 heterocycles. The molecule has 52 valence electrons. The first-order chi connectivity index (χ1) is 4.41. The van der Waals surface area contributed by atoms with Crippen LogP contribution in [0.15, 0.2) is 25.5 Å². The van der Waals surface area contributed by atoms with E-state index in [4.69, 9.17) is 4.74 Å². The van der Waals surface area contributed by atoms with E-state index in [1.807, 2.05) is 6.08 Å². The maximum Gasteiger partial charge on any atom is 0.0963 e. The van der Waals surface area contributed by atoms with Gasteiger partial charge in [0.25, 0.3) is 0 Å². The summed E-state index contributed by atoms with van der Waals surface area (Å²) in [6, 6.07) is 0. The Hall–Kier alpha value is -0.370. The van der Waals surface area contributed by atoms with Crippen LogP contribution in [-0.2, 0) is 4.74 Å². The van der Waals surface area contributed by atoms with Crippen molar-refractivity contribution in [3.8, 4) is 0 Å². The number of hydrogen-bond acceptors (Lipinski definition) is 2. The van der Waals surface area contributed by atoms with Crippen molar-refractivity contribution < 1.29 is 4.74 Å². The Morgan fingerprint density at radius 1 is 1.44 bits per heavy atom. The van der Waals surface area contributed by atoms with Gasteiger partial charge in [0.05, 0.1) is 12.9 Å². The molecule has 0 fully saturated rings. The molecule has 0 aliphatic rings. The van der Waals surface area contributed by atoms with E-state index in [1.165, 1.54) is 6.26 Å². The summed E-state index contributed by atoms with van der Waals surface area (Å²) in [6.45, 7) is 7.78. The van der Waals surface area contributed by atoms with Crippen LogP contribution in [0.25, 0.3) is 0 Å². The lowest BCUT2D eigenvalue weighted by Crippen LogP contribution is -1.90. The highest BCUT2D eigenvalue weighted by Crippen LogP contribution is 1.98. The molecule has 9 heavy (non-hydrogen) atoms. The molecule has 0 saturated carbocycles. The van der Waals surface area contributed by atoms with Crippen LogP contribution in [0.3, 0.4) is 0 Å². The largest absolute Gasteiger partial charge is 0.501 e. The van der Waals surface area contributed by atoms with Crippen molar-refractivity contribution in [3.63, 3.8) is 0 Å². The molecule has 0 aliphatic heterocycles. The molecular weight excluding hydrogens is 132 g/mol. The van der Waals surface area contributed by atoms with E-state index in [2.05, 4.69) is 13.2 Å². The molecule has 0 unspecified atom stereocenters. The molecule has 0 aromatic heterocycles. The van der Waals surface area contributed by atoms with E-state index in [0.29, 0.717) is 0 Å². The van der Waals surface area contributed by atoms with E-state index >= 15 is 0 Å². The molecule has 0 saturated heterocycles. The van der Waals surface area contributed by atoms with Crippen LogP contribution in [-0.4, -0.2) is 18.1 Å². The van der Waals surface area contributed by atoms with Gasteiger partial charge in [0.1, 0.15) is 0 Å². The van der Waals surface area contributed by atoms with Crippen LogP contribution in [0, 0.1) is 0 Å². The fraction of sp³-hybridized carbons (Fsp3) is 0.429. The fourth-order valence-corrected chi connectivity index (χ4v) is 0.904. The summed E-state index contributed by atoms with van der Waals surface area (Å²) in [5.41, 5.74) is 0. The number of hydrogen-bond donors (Lipinski definition) is 0. The second-order valence-corrected chi connectivity index (χ2v) is 2.55. The highest BCUT2D eigenvalue weighted by molar-refractivity contribution is 7.99. The minimum absolute atomic E-state index is 0.752. The predicted octanol–water partition coefficient (Wildman–Crippen LogP) is 2.07. The predicted molar refractivity (Wildman–Crippen MR) is 43.7 cm³/mol. The monoisotopic (exact) mass is 144 g/mol. The molecule has 0 amide bonds. The molecule has 0 aliphatic carbocycles. The first-order valence-corrected chi connectivity index (χ1v) is 3.98. The Kier molecular flexibility index (Phi) is 7.32. The molecule has 2 heteroatoms. The van der Waals surface area contributed by atoms with Gasteiger partial charge in [-0.2, -0.15) is 11.8 Å². The summed E-state index contributed by atoms with van der Waals surface area (Å²) in [4.78, 5) is 0. The van der Waals surface area contributed by atoms with Gasteiger partial charge in [-0.25, -0.2) is 0 Å². The molecule has 0 N–H and O–H groups in total. The van der Waals surface area contributed by atoms with Gasteiger partial charge in [0, 0.05) is 11.5 Å². The van der Waals surface area contributed by atoms with Gasteiger partial charge >= 0.3 is 0 Å². The molecule has 0 aromatic rings. The van der Waals surface area contributed by atoms with Crippen LogP contribution >= 0.6 is 11.8 Å². The van der Waals surface area contributed by atoms with Crippen LogP contribution in [0.5, 0.6) is 0 Å². The summed E-state index contributed by atoms with van der Waals surface area (Å²) in [6.07, 6.45) is 3.35. The summed E-state index contributed by atoms with van der Waals surface area (Å²) in [5, 5.41) is 0. The Morgan fingerprint density at radius 3 is 2.78 bits per heavy atom. The Labute approximate surface area is 60.8 Å². The maximum atomic E-state index is 4.89. The number of ether oxygens (including phenoxy) is 1. The lowest BCUT2D eigenvalue weighted by atomic mass is 10.8. The quantitative estimate of drug-likeness (QED) is 0.320. The van der Waals surface area contributed by atoms with E-state index in [-0.39, 0.29) is 0 Å². The molecule has 0 rings (SSSR count). The second kappa shape index (κ2) is 7.63. The fourth-order valence-electron chi connectivity index (χ4n) is 0.357. The van der Waals surface area contributed by atoms with Crippen molar-refractivity contribution in [3.05, 3.63) is 25.5 Å². The van der Waals surface area contributed by atoms with Crippen molar-refractivity contribution in [2.24, 2.45) is 0 Å². The van der Waals surface area contributed by atoms with Gasteiger partial charge in [-0.05, 0) is 0 Å². The molecule has 0 spiro atoms. The van der Waals surface area contributed by atoms with Crippen molar-refractivity contribution in [1.82, 2.24) is 0 Å². The van der Waals surface area contributed by atoms with Gasteiger partial charge in [-0.3, -0.25) is 0 Å². The molecule has 0 bridgehead atoms. The lowest BCUT2D eigenvalue weighted by molar-refractivity contribution is 0.274. The molecule has 0 radical (unpaired) electrons. The third kappa shape index (κ3) is 7.63. The van der Waals surface area contributed by atoms with Gasteiger partial charge in [-0.1, -0.05) is 12.7 Å². The highest BCUT2D eigenvalue weighted by atomic mass is 32.2. The van der Waals surface area contributed by atoms with Crippen LogP contribution in [0.1, 0.15) is 0 Å². The van der Waals surface area contributed by atoms with Gasteiger partial charge in [-0.15, -0.1) is 6.58 Å². The average molecular weight is 144 g/mol. The molecule has 1 nitrogen and oxygen atoms in total. The van der Waals surface area contributed by atoms with Gasteiger partial charge in [0.2, 0.25) is 0 Å². The Morgan fingerprint density at radius 2 is 2.22 bits per heavy atom. The minimum Gasteiger partial charge on any atom is -0.501 e. The average Bonchev–Trinajstić information content (AvgIpc) is 1.89. The maximum absolute atomic E-state index is 4.89. The normalized spacial score (nSPS) is 8.44. The van der Waals surface area contributed by atoms with Crippen LogP contribution < -0.4 is 0 Å². The Bertz CT molecular complexity index is 71.0. The van der Waals surface area contributed by atoms with Gasteiger partial charge in [0.15, 0.2) is 0 Å². The van der Waals surface area contributed by atoms with Crippen LogP contribution in [0.2, 0.25) is 0 Å². The SMILES string of the molecule is C=CCSCCOC=C. The third-order valence-corrected chi connectivity index (χ3v) is 1.63. The number of rotatable bonds is 6. The van der Waals surface area contributed by atoms with E-state index in [0.717, 1.165) is 18.1 Å². The summed E-state index contributed by atoms with van der Waals surface area (Å²) < 4.78 is 4.89. The van der Waals surface area contributed by atoms with Crippen molar-refractivity contribution in [2.45, 2.75) is 0 Å². The first-order valence-electron chi connectivity index (χ1n) is 2.83. The Balaban J connectivity index is 2.74. The van der Waals surface area contributed by atoms with E-state index in [9.17, 15) is 0 Å². The standard InChI is InChI=1S/C7H12OS/c1-3-6-9-7-5-8-4-2/h3-4H,1-2,5-7H2. The second-order valence-electron chi connectivity index (χ2n) is 1.40. The zero-order valence-corrected chi connectivity index (χ0v) is 6.32. The smallest absolute Gasteiger partial charge is 0.0963 e. The zero-order valence-electron chi connectivity index (χ0n) is 5.51. The van der Waals surface area contributed by atoms with E-state index < -0.39 is 0 Å². The highest BCUT2D eigenvalue weighted by Gasteiger charge is 1.82.